The van der Waals surface area contributed by atoms with Crippen LogP contribution in [0.25, 0.3) is 0 Å². The summed E-state index contributed by atoms with van der Waals surface area (Å²) in [5, 5.41) is 11.7. The van der Waals surface area contributed by atoms with Crippen LogP contribution in [-0.4, -0.2) is 17.0 Å². The van der Waals surface area contributed by atoms with Gasteiger partial charge in [-0.05, 0) is 40.0 Å². The fourth-order valence-corrected chi connectivity index (χ4v) is 1.86. The molecular weight excluding hydrogens is 298 g/mol. The summed E-state index contributed by atoms with van der Waals surface area (Å²) < 4.78 is 0.495. The number of hydrogen-bond donors (Lipinski definition) is 2. The van der Waals surface area contributed by atoms with Crippen molar-refractivity contribution in [3.63, 3.8) is 0 Å². The third kappa shape index (κ3) is 4.14. The molecule has 0 aliphatic rings. The minimum Gasteiger partial charge on any atom is -0.478 e. The lowest BCUT2D eigenvalue weighted by molar-refractivity contribution is -0.117. The van der Waals surface area contributed by atoms with E-state index in [1.807, 2.05) is 13.8 Å². The second-order valence-electron chi connectivity index (χ2n) is 4.27. The number of halogens is 1. The van der Waals surface area contributed by atoms with E-state index in [0.717, 1.165) is 6.42 Å². The Bertz CT molecular complexity index is 460. The first kappa shape index (κ1) is 14.7. The van der Waals surface area contributed by atoms with Crippen molar-refractivity contribution in [3.8, 4) is 0 Å². The standard InChI is InChI=1S/C13H16BrNO3/c1-3-8(2)6-12(16)15-9-4-5-11(14)10(7-9)13(17)18/h4-5,7-8H,3,6H2,1-2H3,(H,15,16)(H,17,18). The maximum absolute atomic E-state index is 11.7. The molecule has 0 saturated heterocycles. The van der Waals surface area contributed by atoms with Crippen LogP contribution in [0.3, 0.4) is 0 Å². The average molecular weight is 314 g/mol. The number of aromatic carboxylic acids is 1. The second kappa shape index (κ2) is 6.54. The van der Waals surface area contributed by atoms with Gasteiger partial charge in [0.05, 0.1) is 5.56 Å². The molecule has 2 N–H and O–H groups in total. The minimum absolute atomic E-state index is 0.0944. The normalized spacial score (nSPS) is 11.9. The van der Waals surface area contributed by atoms with E-state index in [1.165, 1.54) is 6.07 Å². The van der Waals surface area contributed by atoms with Crippen molar-refractivity contribution >= 4 is 33.5 Å². The molecule has 0 aliphatic heterocycles. The summed E-state index contributed by atoms with van der Waals surface area (Å²) in [7, 11) is 0. The first-order chi connectivity index (χ1) is 8.43. The predicted octanol–water partition coefficient (Wildman–Crippen LogP) is 3.52. The van der Waals surface area contributed by atoms with Crippen molar-refractivity contribution in [3.05, 3.63) is 28.2 Å². The molecule has 1 aromatic carbocycles. The van der Waals surface area contributed by atoms with Crippen LogP contribution >= 0.6 is 15.9 Å². The Kier molecular flexibility index (Phi) is 5.34. The van der Waals surface area contributed by atoms with E-state index in [2.05, 4.69) is 21.2 Å². The summed E-state index contributed by atoms with van der Waals surface area (Å²) in [4.78, 5) is 22.6. The van der Waals surface area contributed by atoms with Gasteiger partial charge < -0.3 is 10.4 Å². The molecule has 1 aromatic rings. The van der Waals surface area contributed by atoms with Crippen molar-refractivity contribution in [1.82, 2.24) is 0 Å². The molecule has 0 aliphatic carbocycles. The van der Waals surface area contributed by atoms with Gasteiger partial charge in [0.15, 0.2) is 0 Å². The zero-order chi connectivity index (χ0) is 13.7. The number of carbonyl (C=O) groups is 2. The molecule has 18 heavy (non-hydrogen) atoms. The Hall–Kier alpha value is -1.36. The van der Waals surface area contributed by atoms with Crippen LogP contribution < -0.4 is 5.32 Å². The Balaban J connectivity index is 2.76. The summed E-state index contributed by atoms with van der Waals surface area (Å²) in [5.41, 5.74) is 0.639. The molecular formula is C13H16BrNO3. The van der Waals surface area contributed by atoms with Gasteiger partial charge in [0, 0.05) is 16.6 Å². The highest BCUT2D eigenvalue weighted by atomic mass is 79.9. The molecule has 1 rings (SSSR count). The molecule has 0 radical (unpaired) electrons. The lowest BCUT2D eigenvalue weighted by Gasteiger charge is -2.10. The summed E-state index contributed by atoms with van der Waals surface area (Å²) in [6, 6.07) is 4.73. The number of benzene rings is 1. The van der Waals surface area contributed by atoms with Crippen LogP contribution in [0.5, 0.6) is 0 Å². The molecule has 0 bridgehead atoms. The summed E-state index contributed by atoms with van der Waals surface area (Å²) in [6.45, 7) is 4.03. The van der Waals surface area contributed by atoms with Crippen LogP contribution in [0, 0.1) is 5.92 Å². The molecule has 1 atom stereocenters. The van der Waals surface area contributed by atoms with Crippen LogP contribution in [0.4, 0.5) is 5.69 Å². The third-order valence-corrected chi connectivity index (χ3v) is 3.40. The van der Waals surface area contributed by atoms with E-state index in [9.17, 15) is 9.59 Å². The van der Waals surface area contributed by atoms with E-state index in [0.29, 0.717) is 22.5 Å². The molecule has 4 nitrogen and oxygen atoms in total. The van der Waals surface area contributed by atoms with Gasteiger partial charge >= 0.3 is 5.97 Å². The quantitative estimate of drug-likeness (QED) is 0.874. The van der Waals surface area contributed by atoms with Crippen molar-refractivity contribution in [2.75, 3.05) is 5.32 Å². The van der Waals surface area contributed by atoms with Crippen LogP contribution in [-0.2, 0) is 4.79 Å². The maximum atomic E-state index is 11.7. The Morgan fingerprint density at radius 3 is 2.67 bits per heavy atom. The number of nitrogens with one attached hydrogen (secondary N) is 1. The predicted molar refractivity (Wildman–Crippen MR) is 73.8 cm³/mol. The summed E-state index contributed by atoms with van der Waals surface area (Å²) in [5.74, 6) is -0.803. The van der Waals surface area contributed by atoms with Crippen LogP contribution in [0.1, 0.15) is 37.0 Å². The van der Waals surface area contributed by atoms with Crippen molar-refractivity contribution in [1.29, 1.82) is 0 Å². The highest BCUT2D eigenvalue weighted by Crippen LogP contribution is 2.21. The average Bonchev–Trinajstić information content (AvgIpc) is 2.31. The SMILES string of the molecule is CCC(C)CC(=O)Nc1ccc(Br)c(C(=O)O)c1. The van der Waals surface area contributed by atoms with Crippen molar-refractivity contribution in [2.45, 2.75) is 26.7 Å². The van der Waals surface area contributed by atoms with Gasteiger partial charge in [0.25, 0.3) is 0 Å². The molecule has 1 amide bonds. The summed E-state index contributed by atoms with van der Waals surface area (Å²) in [6.07, 6.45) is 1.38. The zero-order valence-corrected chi connectivity index (χ0v) is 12.0. The number of carboxylic acids is 1. The number of hydrogen-bond acceptors (Lipinski definition) is 2. The van der Waals surface area contributed by atoms with Crippen molar-refractivity contribution in [2.24, 2.45) is 5.92 Å². The minimum atomic E-state index is -1.03. The molecule has 0 spiro atoms. The number of anilines is 1. The third-order valence-electron chi connectivity index (χ3n) is 2.71. The van der Waals surface area contributed by atoms with Gasteiger partial charge in [-0.1, -0.05) is 20.3 Å². The molecule has 5 heteroatoms. The Labute approximate surface area is 115 Å². The lowest BCUT2D eigenvalue weighted by atomic mass is 10.0. The highest BCUT2D eigenvalue weighted by molar-refractivity contribution is 9.10. The second-order valence-corrected chi connectivity index (χ2v) is 5.12. The van der Waals surface area contributed by atoms with Crippen molar-refractivity contribution < 1.29 is 14.7 Å². The lowest BCUT2D eigenvalue weighted by Crippen LogP contribution is -2.15. The van der Waals surface area contributed by atoms with Gasteiger partial charge in [0.1, 0.15) is 0 Å². The molecule has 1 unspecified atom stereocenters. The largest absolute Gasteiger partial charge is 0.478 e. The molecule has 0 saturated carbocycles. The molecule has 98 valence electrons. The van der Waals surface area contributed by atoms with E-state index < -0.39 is 5.97 Å². The van der Waals surface area contributed by atoms with Gasteiger partial charge in [-0.25, -0.2) is 4.79 Å². The molecule has 0 aromatic heterocycles. The first-order valence-corrected chi connectivity index (χ1v) is 6.56. The zero-order valence-electron chi connectivity index (χ0n) is 10.4. The topological polar surface area (TPSA) is 66.4 Å². The van der Waals surface area contributed by atoms with Gasteiger partial charge in [-0.15, -0.1) is 0 Å². The maximum Gasteiger partial charge on any atom is 0.336 e. The fourth-order valence-electron chi connectivity index (χ4n) is 1.44. The monoisotopic (exact) mass is 313 g/mol. The highest BCUT2D eigenvalue weighted by Gasteiger charge is 2.11. The van der Waals surface area contributed by atoms with Crippen LogP contribution in [0.2, 0.25) is 0 Å². The molecule has 0 heterocycles. The van der Waals surface area contributed by atoms with Gasteiger partial charge in [-0.2, -0.15) is 0 Å². The Morgan fingerprint density at radius 2 is 2.11 bits per heavy atom. The van der Waals surface area contributed by atoms with E-state index >= 15 is 0 Å². The Morgan fingerprint density at radius 1 is 1.44 bits per heavy atom. The van der Waals surface area contributed by atoms with E-state index in [4.69, 9.17) is 5.11 Å². The fraction of sp³-hybridized carbons (Fsp3) is 0.385. The van der Waals surface area contributed by atoms with E-state index in [1.54, 1.807) is 12.1 Å². The van der Waals surface area contributed by atoms with E-state index in [-0.39, 0.29) is 11.5 Å². The smallest absolute Gasteiger partial charge is 0.336 e. The number of amides is 1. The van der Waals surface area contributed by atoms with Gasteiger partial charge in [0.2, 0.25) is 5.91 Å². The summed E-state index contributed by atoms with van der Waals surface area (Å²) >= 11 is 3.16. The number of carboxylic acid groups (broad SMARTS) is 1. The number of rotatable bonds is 5. The van der Waals surface area contributed by atoms with Gasteiger partial charge in [-0.3, -0.25) is 4.79 Å². The molecule has 0 fully saturated rings. The number of carbonyl (C=O) groups excluding carboxylic acids is 1. The van der Waals surface area contributed by atoms with Crippen LogP contribution in [0.15, 0.2) is 22.7 Å². The first-order valence-electron chi connectivity index (χ1n) is 5.76.